The number of hydrogen-bond acceptors (Lipinski definition) is 6. The molecule has 0 aromatic heterocycles. The van der Waals surface area contributed by atoms with Gasteiger partial charge in [0, 0.05) is 44.3 Å². The van der Waals surface area contributed by atoms with Gasteiger partial charge in [-0.05, 0) is 48.5 Å². The molecule has 1 aliphatic rings. The third-order valence-electron chi connectivity index (χ3n) is 7.89. The Hall–Kier alpha value is -3.07. The molecule has 6 nitrogen and oxygen atoms in total. The fraction of sp³-hybridized carbons (Fsp3) is 0.368. The van der Waals surface area contributed by atoms with E-state index in [2.05, 4.69) is 120 Å². The fourth-order valence-electron chi connectivity index (χ4n) is 5.49. The molecule has 1 N–H and O–H groups in total. The molecule has 1 atom stereocenters. The predicted octanol–water partition coefficient (Wildman–Crippen LogP) is 6.41. The highest BCUT2D eigenvalue weighted by atomic mass is 35.5. The largest absolute Gasteiger partial charge is 0.394 e. The minimum absolute atomic E-state index is 0.0161. The molecule has 0 saturated carbocycles. The summed E-state index contributed by atoms with van der Waals surface area (Å²) in [6.07, 6.45) is 0.0161. The van der Waals surface area contributed by atoms with Crippen LogP contribution in [0.2, 0.25) is 5.02 Å². The van der Waals surface area contributed by atoms with Gasteiger partial charge in [0.05, 0.1) is 32.5 Å². The van der Waals surface area contributed by atoms with E-state index < -0.39 is 0 Å². The Kier molecular flexibility index (Phi) is 15.0. The van der Waals surface area contributed by atoms with Gasteiger partial charge in [0.15, 0.2) is 0 Å². The molecule has 0 bridgehead atoms. The van der Waals surface area contributed by atoms with E-state index in [1.54, 1.807) is 0 Å². The van der Waals surface area contributed by atoms with E-state index in [1.807, 2.05) is 24.3 Å². The quantitative estimate of drug-likeness (QED) is 0.163. The van der Waals surface area contributed by atoms with Gasteiger partial charge < -0.3 is 19.5 Å². The zero-order valence-electron chi connectivity index (χ0n) is 26.7. The predicted molar refractivity (Wildman–Crippen MR) is 185 cm³/mol. The lowest BCUT2D eigenvalue weighted by Gasteiger charge is -2.39. The Morgan fingerprint density at radius 1 is 0.667 bits per heavy atom. The van der Waals surface area contributed by atoms with Crippen LogP contribution >= 0.6 is 11.6 Å². The van der Waals surface area contributed by atoms with Gasteiger partial charge in [-0.15, -0.1) is 0 Å². The van der Waals surface area contributed by atoms with Crippen LogP contribution in [-0.2, 0) is 9.47 Å². The molecule has 1 saturated heterocycles. The van der Waals surface area contributed by atoms with Crippen molar-refractivity contribution in [3.8, 4) is 0 Å². The van der Waals surface area contributed by atoms with Crippen molar-refractivity contribution in [2.75, 3.05) is 79.8 Å². The number of halogens is 1. The summed E-state index contributed by atoms with van der Waals surface area (Å²) >= 11 is 6.09. The SMILES string of the molecule is CN(C)CCOC(c1ccccc1)c1ccccc1.OCCOCCN1CCN(C(c2ccccc2)c2ccc(Cl)cc2)CC1. The highest BCUT2D eigenvalue weighted by Gasteiger charge is 2.26. The number of rotatable bonds is 14. The molecular weight excluding hydrogens is 582 g/mol. The molecule has 1 heterocycles. The van der Waals surface area contributed by atoms with Crippen molar-refractivity contribution >= 4 is 11.6 Å². The van der Waals surface area contributed by atoms with Gasteiger partial charge in [-0.1, -0.05) is 115 Å². The molecule has 0 radical (unpaired) electrons. The van der Waals surface area contributed by atoms with E-state index in [1.165, 1.54) is 22.3 Å². The van der Waals surface area contributed by atoms with Crippen LogP contribution in [0, 0.1) is 0 Å². The highest BCUT2D eigenvalue weighted by molar-refractivity contribution is 6.30. The second kappa shape index (κ2) is 19.4. The summed E-state index contributed by atoms with van der Waals surface area (Å²) in [6, 6.07) is 39.9. The molecule has 1 fully saturated rings. The van der Waals surface area contributed by atoms with Gasteiger partial charge >= 0.3 is 0 Å². The Morgan fingerprint density at radius 3 is 1.69 bits per heavy atom. The van der Waals surface area contributed by atoms with E-state index in [4.69, 9.17) is 26.2 Å². The normalized spacial score (nSPS) is 14.7. The van der Waals surface area contributed by atoms with Gasteiger partial charge in [-0.25, -0.2) is 0 Å². The molecule has 4 aromatic carbocycles. The Bertz CT molecular complexity index is 1280. The maximum atomic E-state index is 8.78. The van der Waals surface area contributed by atoms with Crippen LogP contribution in [-0.4, -0.2) is 99.6 Å². The van der Waals surface area contributed by atoms with E-state index in [-0.39, 0.29) is 18.8 Å². The van der Waals surface area contributed by atoms with Crippen molar-refractivity contribution in [1.82, 2.24) is 14.7 Å². The molecule has 1 unspecified atom stereocenters. The van der Waals surface area contributed by atoms with Crippen molar-refractivity contribution in [3.05, 3.63) is 143 Å². The zero-order valence-corrected chi connectivity index (χ0v) is 27.4. The molecule has 0 aliphatic carbocycles. The molecule has 4 aromatic rings. The fourth-order valence-corrected chi connectivity index (χ4v) is 5.62. The summed E-state index contributed by atoms with van der Waals surface area (Å²) < 4.78 is 11.5. The lowest BCUT2D eigenvalue weighted by Crippen LogP contribution is -2.48. The van der Waals surface area contributed by atoms with Crippen LogP contribution in [0.15, 0.2) is 115 Å². The lowest BCUT2D eigenvalue weighted by molar-refractivity contribution is 0.0522. The summed E-state index contributed by atoms with van der Waals surface area (Å²) in [5.41, 5.74) is 5.00. The first kappa shape index (κ1) is 34.8. The number of piperazine rings is 1. The van der Waals surface area contributed by atoms with Crippen LogP contribution in [0.3, 0.4) is 0 Å². The number of aliphatic hydroxyl groups excluding tert-OH is 1. The molecule has 0 amide bonds. The molecular formula is C38H48ClN3O3. The maximum absolute atomic E-state index is 8.78. The molecule has 1 aliphatic heterocycles. The maximum Gasteiger partial charge on any atom is 0.108 e. The smallest absolute Gasteiger partial charge is 0.108 e. The second-order valence-corrected chi connectivity index (χ2v) is 11.9. The zero-order chi connectivity index (χ0) is 31.7. The molecule has 45 heavy (non-hydrogen) atoms. The number of likely N-dealkylation sites (N-methyl/N-ethyl adjacent to an activating group) is 1. The number of benzene rings is 4. The highest BCUT2D eigenvalue weighted by Crippen LogP contribution is 2.30. The van der Waals surface area contributed by atoms with Crippen LogP contribution in [0.1, 0.15) is 34.4 Å². The number of aliphatic hydroxyl groups is 1. The lowest BCUT2D eigenvalue weighted by atomic mass is 9.96. The van der Waals surface area contributed by atoms with E-state index in [0.29, 0.717) is 13.2 Å². The summed E-state index contributed by atoms with van der Waals surface area (Å²) in [5, 5.41) is 9.55. The topological polar surface area (TPSA) is 48.4 Å². The standard InChI is InChI=1S/C21H27ClN2O2.C17H21NO/c22-20-8-6-19(7-9-20)21(18-4-2-1-3-5-18)24-12-10-23(11-13-24)14-16-26-17-15-25;1-18(2)13-14-19-17(15-9-5-3-6-10-15)16-11-7-4-8-12-16/h1-9,21,25H,10-17H2;3-12,17H,13-14H2,1-2H3. The molecule has 7 heteroatoms. The summed E-state index contributed by atoms with van der Waals surface area (Å²) in [6.45, 7) is 7.85. The van der Waals surface area contributed by atoms with Gasteiger partial charge in [-0.2, -0.15) is 0 Å². The van der Waals surface area contributed by atoms with Crippen molar-refractivity contribution in [3.63, 3.8) is 0 Å². The molecule has 240 valence electrons. The minimum atomic E-state index is 0.0161. The van der Waals surface area contributed by atoms with Crippen LogP contribution in [0.5, 0.6) is 0 Å². The number of ether oxygens (including phenoxy) is 2. The van der Waals surface area contributed by atoms with Gasteiger partial charge in [0.2, 0.25) is 0 Å². The van der Waals surface area contributed by atoms with Gasteiger partial charge in [0.25, 0.3) is 0 Å². The van der Waals surface area contributed by atoms with E-state index in [0.717, 1.165) is 50.9 Å². The summed E-state index contributed by atoms with van der Waals surface area (Å²) in [5.74, 6) is 0. The minimum Gasteiger partial charge on any atom is -0.394 e. The van der Waals surface area contributed by atoms with Crippen LogP contribution in [0.4, 0.5) is 0 Å². The number of nitrogens with zero attached hydrogens (tertiary/aromatic N) is 3. The van der Waals surface area contributed by atoms with Gasteiger partial charge in [0.1, 0.15) is 6.10 Å². The third-order valence-corrected chi connectivity index (χ3v) is 8.14. The average molecular weight is 630 g/mol. The summed E-state index contributed by atoms with van der Waals surface area (Å²) in [7, 11) is 4.12. The first-order valence-electron chi connectivity index (χ1n) is 15.9. The van der Waals surface area contributed by atoms with E-state index >= 15 is 0 Å². The van der Waals surface area contributed by atoms with Crippen LogP contribution in [0.25, 0.3) is 0 Å². The Morgan fingerprint density at radius 2 is 1.18 bits per heavy atom. The first-order valence-corrected chi connectivity index (χ1v) is 16.2. The van der Waals surface area contributed by atoms with Crippen molar-refractivity contribution in [1.29, 1.82) is 0 Å². The average Bonchev–Trinajstić information content (AvgIpc) is 3.08. The Balaban J connectivity index is 0.000000215. The summed E-state index contributed by atoms with van der Waals surface area (Å²) in [4.78, 5) is 7.11. The monoisotopic (exact) mass is 629 g/mol. The Labute approximate surface area is 274 Å². The third kappa shape index (κ3) is 11.7. The van der Waals surface area contributed by atoms with Gasteiger partial charge in [-0.3, -0.25) is 9.80 Å². The van der Waals surface area contributed by atoms with E-state index in [9.17, 15) is 0 Å². The second-order valence-electron chi connectivity index (χ2n) is 11.5. The number of hydrogen-bond donors (Lipinski definition) is 1. The van der Waals surface area contributed by atoms with Crippen molar-refractivity contribution in [2.45, 2.75) is 12.1 Å². The first-order chi connectivity index (χ1) is 22.0. The molecule has 5 rings (SSSR count). The van der Waals surface area contributed by atoms with Crippen LogP contribution < -0.4 is 0 Å². The van der Waals surface area contributed by atoms with Crippen molar-refractivity contribution < 1.29 is 14.6 Å². The van der Waals surface area contributed by atoms with Crippen molar-refractivity contribution in [2.24, 2.45) is 0 Å². The molecule has 0 spiro atoms.